The van der Waals surface area contributed by atoms with Gasteiger partial charge in [0.05, 0.1) is 11.6 Å². The largest absolute Gasteiger partial charge is 0.507 e. The van der Waals surface area contributed by atoms with Crippen molar-refractivity contribution in [3.8, 4) is 5.75 Å². The van der Waals surface area contributed by atoms with Crippen molar-refractivity contribution in [2.45, 2.75) is 12.5 Å². The Balaban J connectivity index is 2.10. The molecule has 7 heteroatoms. The zero-order valence-corrected chi connectivity index (χ0v) is 17.2. The molecule has 0 bridgehead atoms. The lowest BCUT2D eigenvalue weighted by molar-refractivity contribution is -0.140. The van der Waals surface area contributed by atoms with Crippen molar-refractivity contribution in [2.75, 3.05) is 26.9 Å². The molecule has 1 saturated heterocycles. The van der Waals surface area contributed by atoms with Crippen LogP contribution in [0.1, 0.15) is 23.6 Å². The second-order valence-corrected chi connectivity index (χ2v) is 7.02. The van der Waals surface area contributed by atoms with Crippen LogP contribution in [0.5, 0.6) is 5.75 Å². The van der Waals surface area contributed by atoms with Crippen molar-refractivity contribution < 1.29 is 28.6 Å². The lowest BCUT2D eigenvalue weighted by Crippen LogP contribution is -2.31. The summed E-state index contributed by atoms with van der Waals surface area (Å²) in [5, 5.41) is 10.9. The van der Waals surface area contributed by atoms with Crippen LogP contribution in [-0.4, -0.2) is 48.6 Å². The number of Topliss-reactive ketones (excluding diaryl/α,β-unsaturated/α-hetero) is 1. The van der Waals surface area contributed by atoms with E-state index in [2.05, 4.69) is 6.58 Å². The standard InChI is InChI=1S/C24H24FNO5/c1-3-13-31-19-7-4-6-17(15-19)21-20(22(27)16-8-10-18(25)11-9-16)23(28)24(29)26(21)12-5-14-30-2/h3-4,6-11,15,21,27H,1,5,12-14H2,2H3/b22-20+. The predicted molar refractivity (Wildman–Crippen MR) is 114 cm³/mol. The minimum Gasteiger partial charge on any atom is -0.507 e. The number of ketones is 1. The van der Waals surface area contributed by atoms with Gasteiger partial charge in [-0.3, -0.25) is 9.59 Å². The van der Waals surface area contributed by atoms with Crippen LogP contribution in [0.25, 0.3) is 5.76 Å². The van der Waals surface area contributed by atoms with Gasteiger partial charge in [0.25, 0.3) is 11.7 Å². The fraction of sp³-hybridized carbons (Fsp3) is 0.250. The molecule has 0 saturated carbocycles. The van der Waals surface area contributed by atoms with Crippen LogP contribution >= 0.6 is 0 Å². The number of aliphatic hydroxyl groups is 1. The lowest BCUT2D eigenvalue weighted by atomic mass is 9.95. The zero-order chi connectivity index (χ0) is 22.4. The van der Waals surface area contributed by atoms with Crippen LogP contribution in [0.3, 0.4) is 0 Å². The highest BCUT2D eigenvalue weighted by atomic mass is 19.1. The Morgan fingerprint density at radius 3 is 2.65 bits per heavy atom. The maximum Gasteiger partial charge on any atom is 0.295 e. The maximum atomic E-state index is 13.3. The van der Waals surface area contributed by atoms with Crippen molar-refractivity contribution in [3.05, 3.63) is 83.7 Å². The third-order valence-electron chi connectivity index (χ3n) is 4.95. The number of amides is 1. The molecule has 1 aliphatic rings. The predicted octanol–water partition coefficient (Wildman–Crippen LogP) is 3.85. The number of benzene rings is 2. The average Bonchev–Trinajstić information content (AvgIpc) is 3.03. The average molecular weight is 425 g/mol. The Morgan fingerprint density at radius 2 is 1.97 bits per heavy atom. The lowest BCUT2D eigenvalue weighted by Gasteiger charge is -2.25. The van der Waals surface area contributed by atoms with Gasteiger partial charge in [-0.25, -0.2) is 4.39 Å². The summed E-state index contributed by atoms with van der Waals surface area (Å²) in [6.45, 7) is 4.60. The summed E-state index contributed by atoms with van der Waals surface area (Å²) in [7, 11) is 1.56. The molecule has 0 aliphatic carbocycles. The topological polar surface area (TPSA) is 76.1 Å². The molecule has 1 N–H and O–H groups in total. The van der Waals surface area contributed by atoms with Gasteiger partial charge in [-0.1, -0.05) is 24.8 Å². The number of methoxy groups -OCH3 is 1. The first kappa shape index (κ1) is 22.2. The SMILES string of the molecule is C=CCOc1cccc(C2/C(=C(\O)c3ccc(F)cc3)C(=O)C(=O)N2CCCOC)c1. The molecular formula is C24H24FNO5. The summed E-state index contributed by atoms with van der Waals surface area (Å²) in [6, 6.07) is 11.3. The third kappa shape index (κ3) is 4.83. The van der Waals surface area contributed by atoms with E-state index in [0.29, 0.717) is 30.9 Å². The molecule has 31 heavy (non-hydrogen) atoms. The Labute approximate surface area is 180 Å². The van der Waals surface area contributed by atoms with E-state index in [4.69, 9.17) is 9.47 Å². The van der Waals surface area contributed by atoms with Gasteiger partial charge >= 0.3 is 0 Å². The molecule has 1 fully saturated rings. The molecule has 1 heterocycles. The number of carbonyl (C=O) groups excluding carboxylic acids is 2. The third-order valence-corrected chi connectivity index (χ3v) is 4.95. The van der Waals surface area contributed by atoms with E-state index < -0.39 is 23.5 Å². The molecule has 3 rings (SSSR count). The quantitative estimate of drug-likeness (QED) is 0.217. The van der Waals surface area contributed by atoms with Crippen molar-refractivity contribution in [3.63, 3.8) is 0 Å². The van der Waals surface area contributed by atoms with Crippen molar-refractivity contribution in [1.29, 1.82) is 0 Å². The van der Waals surface area contributed by atoms with E-state index in [1.54, 1.807) is 37.5 Å². The molecule has 1 unspecified atom stereocenters. The van der Waals surface area contributed by atoms with E-state index in [9.17, 15) is 19.1 Å². The summed E-state index contributed by atoms with van der Waals surface area (Å²) in [5.41, 5.74) is 0.817. The molecular weight excluding hydrogens is 401 g/mol. The first-order chi connectivity index (χ1) is 15.0. The second-order valence-electron chi connectivity index (χ2n) is 7.02. The smallest absolute Gasteiger partial charge is 0.295 e. The van der Waals surface area contributed by atoms with Crippen molar-refractivity contribution in [2.24, 2.45) is 0 Å². The van der Waals surface area contributed by atoms with Crippen LogP contribution in [-0.2, 0) is 14.3 Å². The first-order valence-electron chi connectivity index (χ1n) is 9.85. The number of hydrogen-bond donors (Lipinski definition) is 1. The maximum absolute atomic E-state index is 13.3. The summed E-state index contributed by atoms with van der Waals surface area (Å²) in [6.07, 6.45) is 2.13. The number of rotatable bonds is 9. The Morgan fingerprint density at radius 1 is 1.23 bits per heavy atom. The minimum absolute atomic E-state index is 0.0464. The molecule has 0 radical (unpaired) electrons. The molecule has 6 nitrogen and oxygen atoms in total. The number of halogens is 1. The Kier molecular flexibility index (Phi) is 7.20. The summed E-state index contributed by atoms with van der Waals surface area (Å²) in [4.78, 5) is 27.2. The number of hydrogen-bond acceptors (Lipinski definition) is 5. The van der Waals surface area contributed by atoms with Crippen LogP contribution in [0.15, 0.2) is 66.8 Å². The van der Waals surface area contributed by atoms with Crippen LogP contribution in [0.2, 0.25) is 0 Å². The van der Waals surface area contributed by atoms with Crippen molar-refractivity contribution >= 4 is 17.4 Å². The van der Waals surface area contributed by atoms with Gasteiger partial charge in [-0.2, -0.15) is 0 Å². The van der Waals surface area contributed by atoms with E-state index in [0.717, 1.165) is 0 Å². The fourth-order valence-corrected chi connectivity index (χ4v) is 3.53. The highest BCUT2D eigenvalue weighted by Gasteiger charge is 2.45. The van der Waals surface area contributed by atoms with Gasteiger partial charge in [-0.15, -0.1) is 0 Å². The van der Waals surface area contributed by atoms with Gasteiger partial charge in [0.1, 0.15) is 23.9 Å². The Bertz CT molecular complexity index is 999. The highest BCUT2D eigenvalue weighted by Crippen LogP contribution is 2.40. The van der Waals surface area contributed by atoms with Gasteiger partial charge in [0, 0.05) is 25.8 Å². The monoisotopic (exact) mass is 425 g/mol. The first-order valence-corrected chi connectivity index (χ1v) is 9.85. The molecule has 1 amide bonds. The summed E-state index contributed by atoms with van der Waals surface area (Å²) in [5.74, 6) is -1.78. The number of likely N-dealkylation sites (tertiary alicyclic amines) is 1. The summed E-state index contributed by atoms with van der Waals surface area (Å²) < 4.78 is 24.0. The van der Waals surface area contributed by atoms with Gasteiger partial charge in [0.15, 0.2) is 0 Å². The molecule has 0 spiro atoms. The molecule has 0 aromatic heterocycles. The molecule has 2 aromatic carbocycles. The Hall–Kier alpha value is -3.45. The minimum atomic E-state index is -0.811. The van der Waals surface area contributed by atoms with Crippen molar-refractivity contribution in [1.82, 2.24) is 4.90 Å². The molecule has 2 aromatic rings. The van der Waals surface area contributed by atoms with Gasteiger partial charge in [-0.05, 0) is 48.4 Å². The molecule has 1 aliphatic heterocycles. The normalized spacial score (nSPS) is 17.7. The van der Waals surface area contributed by atoms with E-state index in [1.807, 2.05) is 0 Å². The molecule has 1 atom stereocenters. The number of aliphatic hydroxyl groups excluding tert-OH is 1. The van der Waals surface area contributed by atoms with Crippen LogP contribution < -0.4 is 4.74 Å². The fourth-order valence-electron chi connectivity index (χ4n) is 3.53. The highest BCUT2D eigenvalue weighted by molar-refractivity contribution is 6.46. The van der Waals surface area contributed by atoms with E-state index in [1.165, 1.54) is 29.2 Å². The van der Waals surface area contributed by atoms with Gasteiger partial charge < -0.3 is 19.5 Å². The number of ether oxygens (including phenoxy) is 2. The van der Waals surface area contributed by atoms with Gasteiger partial charge in [0.2, 0.25) is 0 Å². The summed E-state index contributed by atoms with van der Waals surface area (Å²) >= 11 is 0. The number of nitrogens with zero attached hydrogens (tertiary/aromatic N) is 1. The van der Waals surface area contributed by atoms with E-state index in [-0.39, 0.29) is 23.4 Å². The second kappa shape index (κ2) is 10.0. The van der Waals surface area contributed by atoms with E-state index >= 15 is 0 Å². The number of carbonyl (C=O) groups is 2. The molecule has 162 valence electrons. The zero-order valence-electron chi connectivity index (χ0n) is 17.2. The van der Waals surface area contributed by atoms with Crippen LogP contribution in [0, 0.1) is 5.82 Å². The van der Waals surface area contributed by atoms with Crippen LogP contribution in [0.4, 0.5) is 4.39 Å².